The zero-order valence-electron chi connectivity index (χ0n) is 13.3. The van der Waals surface area contributed by atoms with Gasteiger partial charge in [-0.1, -0.05) is 18.2 Å². The van der Waals surface area contributed by atoms with Crippen molar-refractivity contribution in [3.8, 4) is 5.75 Å². The second-order valence-electron chi connectivity index (χ2n) is 5.78. The fourth-order valence-corrected chi connectivity index (χ4v) is 3.18. The van der Waals surface area contributed by atoms with Crippen LogP contribution in [0.4, 0.5) is 0 Å². The molecule has 1 aromatic carbocycles. The molecule has 122 valence electrons. The minimum absolute atomic E-state index is 0.0536. The van der Waals surface area contributed by atoms with Crippen LogP contribution in [0.2, 0.25) is 0 Å². The Balaban J connectivity index is 1.76. The van der Waals surface area contributed by atoms with E-state index in [1.807, 2.05) is 23.1 Å². The maximum atomic E-state index is 12.7. The average molecular weight is 314 g/mol. The van der Waals surface area contributed by atoms with Gasteiger partial charge in [-0.05, 0) is 43.0 Å². The molecule has 0 aliphatic carbocycles. The van der Waals surface area contributed by atoms with Gasteiger partial charge in [0.2, 0.25) is 0 Å². The van der Waals surface area contributed by atoms with Crippen molar-refractivity contribution >= 4 is 5.91 Å². The maximum Gasteiger partial charge on any atom is 0.289 e. The molecule has 3 rings (SSSR count). The lowest BCUT2D eigenvalue weighted by atomic mass is 10.0. The Morgan fingerprint density at radius 1 is 1.35 bits per heavy atom. The number of methoxy groups -OCH3 is 1. The third-order valence-electron chi connectivity index (χ3n) is 4.36. The molecular weight excluding hydrogens is 292 g/mol. The standard InChI is InChI=1S/C18H22N2O3/c1-22-16-7-3-2-5-13(16)11-14-6-4-10-20(14)18(21)17-9-8-15(12-19)23-17/h2-3,5,7-9,14H,4,6,10-12,19H2,1H3. The van der Waals surface area contributed by atoms with Gasteiger partial charge in [0.25, 0.3) is 5.91 Å². The van der Waals surface area contributed by atoms with Crippen LogP contribution in [0.5, 0.6) is 5.75 Å². The Morgan fingerprint density at radius 3 is 2.91 bits per heavy atom. The molecule has 1 aliphatic rings. The van der Waals surface area contributed by atoms with Crippen LogP contribution >= 0.6 is 0 Å². The summed E-state index contributed by atoms with van der Waals surface area (Å²) in [6, 6.07) is 11.6. The first kappa shape index (κ1) is 15.6. The predicted molar refractivity (Wildman–Crippen MR) is 87.4 cm³/mol. The molecule has 2 aromatic rings. The van der Waals surface area contributed by atoms with Crippen LogP contribution in [-0.4, -0.2) is 30.5 Å². The van der Waals surface area contributed by atoms with Gasteiger partial charge in [-0.3, -0.25) is 4.79 Å². The summed E-state index contributed by atoms with van der Waals surface area (Å²) in [7, 11) is 1.67. The molecule has 2 heterocycles. The SMILES string of the molecule is COc1ccccc1CC1CCCN1C(=O)c1ccc(CN)o1. The maximum absolute atomic E-state index is 12.7. The number of likely N-dealkylation sites (tertiary alicyclic amines) is 1. The largest absolute Gasteiger partial charge is 0.496 e. The van der Waals surface area contributed by atoms with E-state index in [-0.39, 0.29) is 11.9 Å². The third-order valence-corrected chi connectivity index (χ3v) is 4.36. The smallest absolute Gasteiger partial charge is 0.289 e. The van der Waals surface area contributed by atoms with Crippen LogP contribution in [-0.2, 0) is 13.0 Å². The van der Waals surface area contributed by atoms with Crippen LogP contribution in [0.3, 0.4) is 0 Å². The summed E-state index contributed by atoms with van der Waals surface area (Å²) in [5, 5.41) is 0. The van der Waals surface area contributed by atoms with Crippen molar-refractivity contribution in [2.45, 2.75) is 31.8 Å². The second kappa shape index (κ2) is 6.87. The third kappa shape index (κ3) is 3.24. The number of amides is 1. The van der Waals surface area contributed by atoms with Gasteiger partial charge in [-0.25, -0.2) is 0 Å². The van der Waals surface area contributed by atoms with Crippen LogP contribution in [0, 0.1) is 0 Å². The number of para-hydroxylation sites is 1. The highest BCUT2D eigenvalue weighted by Gasteiger charge is 2.31. The van der Waals surface area contributed by atoms with E-state index in [2.05, 4.69) is 6.07 Å². The highest BCUT2D eigenvalue weighted by Crippen LogP contribution is 2.27. The number of carbonyl (C=O) groups excluding carboxylic acids is 1. The minimum Gasteiger partial charge on any atom is -0.496 e. The van der Waals surface area contributed by atoms with Gasteiger partial charge < -0.3 is 19.8 Å². The summed E-state index contributed by atoms with van der Waals surface area (Å²) in [5.41, 5.74) is 6.67. The molecule has 23 heavy (non-hydrogen) atoms. The summed E-state index contributed by atoms with van der Waals surface area (Å²) in [4.78, 5) is 14.6. The number of benzene rings is 1. The van der Waals surface area contributed by atoms with Crippen molar-refractivity contribution < 1.29 is 13.9 Å². The van der Waals surface area contributed by atoms with E-state index in [0.29, 0.717) is 18.1 Å². The van der Waals surface area contributed by atoms with Gasteiger partial charge in [-0.15, -0.1) is 0 Å². The molecular formula is C18H22N2O3. The predicted octanol–water partition coefficient (Wildman–Crippen LogP) is 2.59. The first-order valence-electron chi connectivity index (χ1n) is 7.94. The van der Waals surface area contributed by atoms with Gasteiger partial charge in [0.15, 0.2) is 5.76 Å². The lowest BCUT2D eigenvalue weighted by Crippen LogP contribution is -2.36. The zero-order valence-corrected chi connectivity index (χ0v) is 13.3. The first-order chi connectivity index (χ1) is 11.2. The lowest BCUT2D eigenvalue weighted by Gasteiger charge is -2.24. The molecule has 0 saturated carbocycles. The van der Waals surface area contributed by atoms with E-state index in [9.17, 15) is 4.79 Å². The van der Waals surface area contributed by atoms with E-state index in [1.54, 1.807) is 19.2 Å². The topological polar surface area (TPSA) is 68.7 Å². The number of hydrogen-bond acceptors (Lipinski definition) is 4. The molecule has 1 saturated heterocycles. The van der Waals surface area contributed by atoms with Crippen LogP contribution in [0.25, 0.3) is 0 Å². The fourth-order valence-electron chi connectivity index (χ4n) is 3.18. The summed E-state index contributed by atoms with van der Waals surface area (Å²) in [6.45, 7) is 1.06. The normalized spacial score (nSPS) is 17.5. The molecule has 1 aromatic heterocycles. The van der Waals surface area contributed by atoms with Crippen molar-refractivity contribution in [2.24, 2.45) is 5.73 Å². The van der Waals surface area contributed by atoms with E-state index in [0.717, 1.165) is 37.1 Å². The van der Waals surface area contributed by atoms with Crippen molar-refractivity contribution in [3.63, 3.8) is 0 Å². The van der Waals surface area contributed by atoms with Crippen LogP contribution in [0.15, 0.2) is 40.8 Å². The molecule has 1 amide bonds. The Morgan fingerprint density at radius 2 is 2.17 bits per heavy atom. The summed E-state index contributed by atoms with van der Waals surface area (Å²) >= 11 is 0. The Bertz CT molecular complexity index is 680. The van der Waals surface area contributed by atoms with Crippen LogP contribution < -0.4 is 10.5 Å². The van der Waals surface area contributed by atoms with E-state index in [1.165, 1.54) is 0 Å². The Kier molecular flexibility index (Phi) is 4.67. The monoisotopic (exact) mass is 314 g/mol. The number of rotatable bonds is 5. The summed E-state index contributed by atoms with van der Waals surface area (Å²) in [5.74, 6) is 1.82. The van der Waals surface area contributed by atoms with Gasteiger partial charge in [0.05, 0.1) is 13.7 Å². The molecule has 0 spiro atoms. The first-order valence-corrected chi connectivity index (χ1v) is 7.94. The lowest BCUT2D eigenvalue weighted by molar-refractivity contribution is 0.0702. The van der Waals surface area contributed by atoms with Gasteiger partial charge in [0, 0.05) is 12.6 Å². The molecule has 0 bridgehead atoms. The summed E-state index contributed by atoms with van der Waals surface area (Å²) in [6.07, 6.45) is 2.80. The second-order valence-corrected chi connectivity index (χ2v) is 5.78. The molecule has 1 atom stereocenters. The number of nitrogens with two attached hydrogens (primary N) is 1. The molecule has 1 aliphatic heterocycles. The molecule has 0 radical (unpaired) electrons. The molecule has 5 nitrogen and oxygen atoms in total. The quantitative estimate of drug-likeness (QED) is 0.921. The van der Waals surface area contributed by atoms with E-state index >= 15 is 0 Å². The number of nitrogens with zero attached hydrogens (tertiary/aromatic N) is 1. The average Bonchev–Trinajstić information content (AvgIpc) is 3.24. The van der Waals surface area contributed by atoms with Crippen molar-refractivity contribution in [3.05, 3.63) is 53.5 Å². The highest BCUT2D eigenvalue weighted by atomic mass is 16.5. The van der Waals surface area contributed by atoms with Gasteiger partial charge in [0.1, 0.15) is 11.5 Å². The number of hydrogen-bond donors (Lipinski definition) is 1. The number of carbonyl (C=O) groups is 1. The van der Waals surface area contributed by atoms with Crippen molar-refractivity contribution in [1.29, 1.82) is 0 Å². The van der Waals surface area contributed by atoms with Crippen LogP contribution in [0.1, 0.15) is 34.7 Å². The van der Waals surface area contributed by atoms with Crippen molar-refractivity contribution in [1.82, 2.24) is 4.90 Å². The highest BCUT2D eigenvalue weighted by molar-refractivity contribution is 5.92. The Labute approximate surface area is 136 Å². The molecule has 5 heteroatoms. The Hall–Kier alpha value is -2.27. The number of ether oxygens (including phenoxy) is 1. The summed E-state index contributed by atoms with van der Waals surface area (Å²) < 4.78 is 10.9. The van der Waals surface area contributed by atoms with Gasteiger partial charge >= 0.3 is 0 Å². The van der Waals surface area contributed by atoms with E-state index < -0.39 is 0 Å². The molecule has 2 N–H and O–H groups in total. The molecule has 1 fully saturated rings. The van der Waals surface area contributed by atoms with Gasteiger partial charge in [-0.2, -0.15) is 0 Å². The minimum atomic E-state index is -0.0536. The van der Waals surface area contributed by atoms with Crippen molar-refractivity contribution in [2.75, 3.05) is 13.7 Å². The van der Waals surface area contributed by atoms with E-state index in [4.69, 9.17) is 14.9 Å². The fraction of sp³-hybridized carbons (Fsp3) is 0.389. The molecule has 1 unspecified atom stereocenters. The zero-order chi connectivity index (χ0) is 16.2. The number of furan rings is 1.